The van der Waals surface area contributed by atoms with Crippen LogP contribution in [-0.2, 0) is 4.79 Å². The highest BCUT2D eigenvalue weighted by molar-refractivity contribution is 6.39. The molecule has 1 aromatic heterocycles. The Labute approximate surface area is 167 Å². The number of ether oxygens (including phenoxy) is 1. The van der Waals surface area contributed by atoms with E-state index in [0.717, 1.165) is 16.8 Å². The lowest BCUT2D eigenvalue weighted by Crippen LogP contribution is -2.20. The Morgan fingerprint density at radius 2 is 1.81 bits per heavy atom. The van der Waals surface area contributed by atoms with Crippen LogP contribution in [0.2, 0.25) is 10.0 Å². The Morgan fingerprint density at radius 1 is 1.11 bits per heavy atom. The number of halogens is 2. The lowest BCUT2D eigenvalue weighted by atomic mass is 10.2. The second-order valence-corrected chi connectivity index (χ2v) is 7.11. The molecule has 1 N–H and O–H groups in total. The molecule has 2 aromatic carbocycles. The van der Waals surface area contributed by atoms with Gasteiger partial charge in [0.1, 0.15) is 5.52 Å². The monoisotopic (exact) mass is 403 g/mol. The predicted molar refractivity (Wildman–Crippen MR) is 111 cm³/mol. The van der Waals surface area contributed by atoms with Gasteiger partial charge < -0.3 is 15.0 Å². The Hall–Kier alpha value is -2.50. The number of benzene rings is 2. The molecule has 3 aromatic rings. The number of carbonyl (C=O) groups excluding carboxylic acids is 1. The molecule has 0 aliphatic carbocycles. The van der Waals surface area contributed by atoms with E-state index in [1.165, 1.54) is 0 Å². The van der Waals surface area contributed by atoms with Gasteiger partial charge in [-0.25, -0.2) is 4.98 Å². The fourth-order valence-electron chi connectivity index (χ4n) is 2.61. The molecule has 3 rings (SSSR count). The van der Waals surface area contributed by atoms with E-state index in [1.807, 2.05) is 62.3 Å². The molecule has 140 valence electrons. The smallest absolute Gasteiger partial charge is 0.262 e. The first kappa shape index (κ1) is 19.3. The van der Waals surface area contributed by atoms with Crippen molar-refractivity contribution < 1.29 is 9.53 Å². The maximum absolute atomic E-state index is 12.2. The number of hydrogen-bond donors (Lipinski definition) is 1. The zero-order valence-corrected chi connectivity index (χ0v) is 16.7. The summed E-state index contributed by atoms with van der Waals surface area (Å²) in [6, 6.07) is 12.8. The summed E-state index contributed by atoms with van der Waals surface area (Å²) in [6.45, 7) is 1.67. The van der Waals surface area contributed by atoms with Gasteiger partial charge in [0.25, 0.3) is 5.91 Å². The summed E-state index contributed by atoms with van der Waals surface area (Å²) in [5, 5.41) is 4.32. The van der Waals surface area contributed by atoms with Crippen LogP contribution in [0.1, 0.15) is 5.69 Å². The molecule has 0 radical (unpaired) electrons. The third-order valence-corrected chi connectivity index (χ3v) is 4.59. The molecule has 0 spiro atoms. The van der Waals surface area contributed by atoms with Crippen LogP contribution in [0, 0.1) is 6.92 Å². The molecule has 7 heteroatoms. The first-order valence-corrected chi connectivity index (χ1v) is 9.06. The first-order chi connectivity index (χ1) is 12.8. The third kappa shape index (κ3) is 4.43. The first-order valence-electron chi connectivity index (χ1n) is 8.30. The second kappa shape index (κ2) is 8.03. The van der Waals surface area contributed by atoms with Gasteiger partial charge in [-0.1, -0.05) is 23.2 Å². The van der Waals surface area contributed by atoms with Crippen molar-refractivity contribution in [3.8, 4) is 5.75 Å². The lowest BCUT2D eigenvalue weighted by molar-refractivity contribution is -0.118. The molecular formula is C20H19Cl2N3O2. The van der Waals surface area contributed by atoms with Gasteiger partial charge in [0.05, 0.1) is 10.0 Å². The average Bonchev–Trinajstić information content (AvgIpc) is 2.61. The van der Waals surface area contributed by atoms with Crippen molar-refractivity contribution in [3.05, 3.63) is 58.2 Å². The number of rotatable bonds is 5. The summed E-state index contributed by atoms with van der Waals surface area (Å²) in [4.78, 5) is 18.7. The van der Waals surface area contributed by atoms with Crippen LogP contribution in [0.4, 0.5) is 11.4 Å². The molecule has 0 atom stereocenters. The van der Waals surface area contributed by atoms with E-state index in [9.17, 15) is 4.79 Å². The van der Waals surface area contributed by atoms with E-state index in [0.29, 0.717) is 27.0 Å². The van der Waals surface area contributed by atoms with Gasteiger partial charge in [-0.05, 0) is 49.4 Å². The standard InChI is InChI=1S/C20H19Cl2N3O2/c1-12-4-9-15-16(21)10-17(22)20(19(15)23-12)27-11-18(26)24-13-5-7-14(8-6-13)25(2)3/h4-10H,11H2,1-3H3,(H,24,26). The maximum atomic E-state index is 12.2. The summed E-state index contributed by atoms with van der Waals surface area (Å²) < 4.78 is 5.68. The molecule has 1 heterocycles. The fourth-order valence-corrected chi connectivity index (χ4v) is 3.18. The van der Waals surface area contributed by atoms with Crippen LogP contribution < -0.4 is 15.0 Å². The lowest BCUT2D eigenvalue weighted by Gasteiger charge is -2.14. The highest BCUT2D eigenvalue weighted by atomic mass is 35.5. The Kier molecular flexibility index (Phi) is 5.73. The molecule has 0 unspecified atom stereocenters. The Morgan fingerprint density at radius 3 is 2.48 bits per heavy atom. The minimum atomic E-state index is -0.292. The highest BCUT2D eigenvalue weighted by Crippen LogP contribution is 2.37. The molecule has 1 amide bonds. The Balaban J connectivity index is 1.74. The molecular weight excluding hydrogens is 385 g/mol. The summed E-state index contributed by atoms with van der Waals surface area (Å²) in [7, 11) is 3.91. The molecule has 0 aliphatic heterocycles. The summed E-state index contributed by atoms with van der Waals surface area (Å²) in [5.41, 5.74) is 3.08. The van der Waals surface area contributed by atoms with Gasteiger partial charge in [-0.15, -0.1) is 0 Å². The number of hydrogen-bond acceptors (Lipinski definition) is 4. The van der Waals surface area contributed by atoms with Crippen molar-refractivity contribution in [1.29, 1.82) is 0 Å². The van der Waals surface area contributed by atoms with Crippen LogP contribution in [0.3, 0.4) is 0 Å². The SMILES string of the molecule is Cc1ccc2c(Cl)cc(Cl)c(OCC(=O)Nc3ccc(N(C)C)cc3)c2n1. The summed E-state index contributed by atoms with van der Waals surface area (Å²) >= 11 is 12.5. The number of nitrogens with one attached hydrogen (secondary N) is 1. The van der Waals surface area contributed by atoms with Gasteiger partial charge in [0.2, 0.25) is 0 Å². The van der Waals surface area contributed by atoms with Crippen LogP contribution >= 0.6 is 23.2 Å². The van der Waals surface area contributed by atoms with E-state index < -0.39 is 0 Å². The minimum absolute atomic E-state index is 0.193. The van der Waals surface area contributed by atoms with Crippen molar-refractivity contribution in [2.75, 3.05) is 30.9 Å². The molecule has 0 saturated heterocycles. The summed E-state index contributed by atoms with van der Waals surface area (Å²) in [5.74, 6) is 0.0531. The minimum Gasteiger partial charge on any atom is -0.480 e. The average molecular weight is 404 g/mol. The fraction of sp³-hybridized carbons (Fsp3) is 0.200. The maximum Gasteiger partial charge on any atom is 0.262 e. The molecule has 0 bridgehead atoms. The van der Waals surface area contributed by atoms with Crippen LogP contribution in [-0.4, -0.2) is 31.6 Å². The van der Waals surface area contributed by atoms with Gasteiger partial charge in [-0.3, -0.25) is 4.79 Å². The second-order valence-electron chi connectivity index (χ2n) is 6.30. The van der Waals surface area contributed by atoms with Gasteiger partial charge >= 0.3 is 0 Å². The van der Waals surface area contributed by atoms with Crippen LogP contribution in [0.5, 0.6) is 5.75 Å². The molecule has 5 nitrogen and oxygen atoms in total. The van der Waals surface area contributed by atoms with Crippen molar-refractivity contribution in [1.82, 2.24) is 4.98 Å². The zero-order valence-electron chi connectivity index (χ0n) is 15.2. The summed E-state index contributed by atoms with van der Waals surface area (Å²) in [6.07, 6.45) is 0. The number of anilines is 2. The van der Waals surface area contributed by atoms with E-state index in [-0.39, 0.29) is 12.5 Å². The molecule has 0 fully saturated rings. The van der Waals surface area contributed by atoms with Gasteiger partial charge in [0.15, 0.2) is 12.4 Å². The largest absolute Gasteiger partial charge is 0.480 e. The molecule has 0 saturated carbocycles. The van der Waals surface area contributed by atoms with Crippen LogP contribution in [0.25, 0.3) is 10.9 Å². The van der Waals surface area contributed by atoms with Crippen molar-refractivity contribution in [2.24, 2.45) is 0 Å². The number of pyridine rings is 1. The highest BCUT2D eigenvalue weighted by Gasteiger charge is 2.15. The zero-order chi connectivity index (χ0) is 19.6. The Bertz CT molecular complexity index is 989. The van der Waals surface area contributed by atoms with Crippen LogP contribution in [0.15, 0.2) is 42.5 Å². The van der Waals surface area contributed by atoms with E-state index >= 15 is 0 Å². The topological polar surface area (TPSA) is 54.5 Å². The number of nitrogens with zero attached hydrogens (tertiary/aromatic N) is 2. The molecule has 27 heavy (non-hydrogen) atoms. The normalized spacial score (nSPS) is 10.7. The number of aryl methyl sites for hydroxylation is 1. The number of amides is 1. The van der Waals surface area contributed by atoms with Gasteiger partial charge in [-0.2, -0.15) is 0 Å². The number of fused-ring (bicyclic) bond motifs is 1. The van der Waals surface area contributed by atoms with E-state index in [1.54, 1.807) is 6.07 Å². The van der Waals surface area contributed by atoms with Crippen molar-refractivity contribution in [2.45, 2.75) is 6.92 Å². The number of carbonyl (C=O) groups is 1. The third-order valence-electron chi connectivity index (χ3n) is 3.99. The quantitative estimate of drug-likeness (QED) is 0.655. The van der Waals surface area contributed by atoms with E-state index in [4.69, 9.17) is 27.9 Å². The predicted octanol–water partition coefficient (Wildman–Crippen LogP) is 4.93. The number of aromatic nitrogens is 1. The van der Waals surface area contributed by atoms with Crippen molar-refractivity contribution >= 4 is 51.4 Å². The van der Waals surface area contributed by atoms with Gasteiger partial charge in [0, 0.05) is 36.6 Å². The molecule has 0 aliphatic rings. The van der Waals surface area contributed by atoms with E-state index in [2.05, 4.69) is 10.3 Å². The van der Waals surface area contributed by atoms with Crippen molar-refractivity contribution in [3.63, 3.8) is 0 Å².